The van der Waals surface area contributed by atoms with Crippen LogP contribution in [0.5, 0.6) is 0 Å². The zero-order valence-electron chi connectivity index (χ0n) is 3.83. The SMILES string of the molecule is C1=COC=CO1.[Mg]. The van der Waals surface area contributed by atoms with E-state index >= 15 is 0 Å². The van der Waals surface area contributed by atoms with Crippen molar-refractivity contribution in [2.45, 2.75) is 0 Å². The highest BCUT2D eigenvalue weighted by Gasteiger charge is 1.74. The third-order valence-electron chi connectivity index (χ3n) is 0.425. The molecule has 34 valence electrons. The summed E-state index contributed by atoms with van der Waals surface area (Å²) in [4.78, 5) is 0. The third kappa shape index (κ3) is 2.53. The summed E-state index contributed by atoms with van der Waals surface area (Å²) in [5, 5.41) is 0. The predicted molar refractivity (Wildman–Crippen MR) is 26.2 cm³/mol. The van der Waals surface area contributed by atoms with Gasteiger partial charge >= 0.3 is 0 Å². The molecule has 0 atom stereocenters. The summed E-state index contributed by atoms with van der Waals surface area (Å²) in [5.74, 6) is 0. The molecule has 0 saturated carbocycles. The molecule has 7 heavy (non-hydrogen) atoms. The highest BCUT2D eigenvalue weighted by molar-refractivity contribution is 5.75. The molecule has 1 rings (SSSR count). The Bertz CT molecular complexity index is 67.7. The topological polar surface area (TPSA) is 18.5 Å². The van der Waals surface area contributed by atoms with E-state index in [-0.39, 0.29) is 23.1 Å². The first-order chi connectivity index (χ1) is 3.00. The molecule has 0 fully saturated rings. The number of hydrogen-bond donors (Lipinski definition) is 0. The van der Waals surface area contributed by atoms with E-state index in [2.05, 4.69) is 9.47 Å². The molecule has 0 N–H and O–H groups in total. The Morgan fingerprint density at radius 1 is 0.714 bits per heavy atom. The van der Waals surface area contributed by atoms with Crippen LogP contribution in [0.15, 0.2) is 25.0 Å². The lowest BCUT2D eigenvalue weighted by Crippen LogP contribution is -1.74. The predicted octanol–water partition coefficient (Wildman–Crippen LogP) is 0.595. The Hall–Kier alpha value is -0.154. The summed E-state index contributed by atoms with van der Waals surface area (Å²) < 4.78 is 9.17. The van der Waals surface area contributed by atoms with E-state index in [0.717, 1.165) is 0 Å². The standard InChI is InChI=1S/C4H4O2.Mg/c1-2-6-4-3-5-1;/h1-4H;. The highest BCUT2D eigenvalue weighted by atomic mass is 24.3. The molecule has 0 saturated heterocycles. The van der Waals surface area contributed by atoms with Gasteiger partial charge in [-0.2, -0.15) is 0 Å². The maximum absolute atomic E-state index is 4.58. The number of ether oxygens (including phenoxy) is 2. The Balaban J connectivity index is 0.000000360. The molecule has 0 aromatic carbocycles. The second-order valence-electron chi connectivity index (χ2n) is 0.816. The zero-order chi connectivity index (χ0) is 4.24. The lowest BCUT2D eigenvalue weighted by molar-refractivity contribution is 0.290. The van der Waals surface area contributed by atoms with Crippen molar-refractivity contribution in [3.63, 3.8) is 0 Å². The lowest BCUT2D eigenvalue weighted by Gasteiger charge is -1.94. The molecular weight excluding hydrogens is 104 g/mol. The average Bonchev–Trinajstić information content (AvgIpc) is 1.72. The van der Waals surface area contributed by atoms with E-state index in [4.69, 9.17) is 0 Å². The summed E-state index contributed by atoms with van der Waals surface area (Å²) in [5.41, 5.74) is 0. The van der Waals surface area contributed by atoms with Crippen LogP contribution < -0.4 is 0 Å². The molecule has 0 aromatic rings. The van der Waals surface area contributed by atoms with Gasteiger partial charge in [0, 0.05) is 23.1 Å². The molecule has 2 radical (unpaired) electrons. The van der Waals surface area contributed by atoms with Gasteiger partial charge in [0.2, 0.25) is 0 Å². The van der Waals surface area contributed by atoms with Gasteiger partial charge in [-0.25, -0.2) is 0 Å². The molecule has 1 heterocycles. The van der Waals surface area contributed by atoms with Crippen molar-refractivity contribution in [2.75, 3.05) is 0 Å². The Labute approximate surface area is 57.9 Å². The quantitative estimate of drug-likeness (QED) is 0.423. The van der Waals surface area contributed by atoms with Gasteiger partial charge in [0.1, 0.15) is 25.0 Å². The van der Waals surface area contributed by atoms with E-state index in [0.29, 0.717) is 0 Å². The van der Waals surface area contributed by atoms with Gasteiger partial charge < -0.3 is 9.47 Å². The fraction of sp³-hybridized carbons (Fsp3) is 0. The monoisotopic (exact) mass is 108 g/mol. The maximum Gasteiger partial charge on any atom is 0.125 e. The van der Waals surface area contributed by atoms with Gasteiger partial charge in [0.05, 0.1) is 0 Å². The molecule has 0 spiro atoms. The van der Waals surface area contributed by atoms with Crippen LogP contribution in [0, 0.1) is 0 Å². The molecule has 1 aliphatic rings. The van der Waals surface area contributed by atoms with E-state index in [1.807, 2.05) is 0 Å². The molecule has 0 bridgehead atoms. The Kier molecular flexibility index (Phi) is 3.93. The smallest absolute Gasteiger partial charge is 0.125 e. The molecule has 0 amide bonds. The zero-order valence-corrected chi connectivity index (χ0v) is 5.25. The van der Waals surface area contributed by atoms with Crippen molar-refractivity contribution >= 4 is 23.1 Å². The normalized spacial score (nSPS) is 13.7. The maximum atomic E-state index is 4.58. The summed E-state index contributed by atoms with van der Waals surface area (Å²) in [6.07, 6.45) is 5.83. The van der Waals surface area contributed by atoms with Crippen LogP contribution in [0.4, 0.5) is 0 Å². The molecule has 3 heteroatoms. The number of hydrogen-bond acceptors (Lipinski definition) is 2. The van der Waals surface area contributed by atoms with Crippen LogP contribution in [-0.4, -0.2) is 23.1 Å². The van der Waals surface area contributed by atoms with Crippen LogP contribution in [0.2, 0.25) is 0 Å². The fourth-order valence-corrected chi connectivity index (χ4v) is 0.219. The molecule has 2 nitrogen and oxygen atoms in total. The second kappa shape index (κ2) is 4.02. The van der Waals surface area contributed by atoms with Gasteiger partial charge in [-0.05, 0) is 0 Å². The van der Waals surface area contributed by atoms with E-state index in [9.17, 15) is 0 Å². The van der Waals surface area contributed by atoms with Gasteiger partial charge in [-0.15, -0.1) is 0 Å². The summed E-state index contributed by atoms with van der Waals surface area (Å²) in [6.45, 7) is 0. The van der Waals surface area contributed by atoms with Crippen LogP contribution >= 0.6 is 0 Å². The second-order valence-corrected chi connectivity index (χ2v) is 0.816. The minimum absolute atomic E-state index is 0. The van der Waals surface area contributed by atoms with Crippen molar-refractivity contribution in [3.05, 3.63) is 25.0 Å². The molecule has 1 aliphatic heterocycles. The minimum Gasteiger partial charge on any atom is -0.466 e. The van der Waals surface area contributed by atoms with Crippen LogP contribution in [0.1, 0.15) is 0 Å². The van der Waals surface area contributed by atoms with Crippen molar-refractivity contribution in [1.82, 2.24) is 0 Å². The number of rotatable bonds is 0. The van der Waals surface area contributed by atoms with Crippen molar-refractivity contribution in [2.24, 2.45) is 0 Å². The average molecular weight is 108 g/mol. The first-order valence-corrected chi connectivity index (χ1v) is 1.61. The van der Waals surface area contributed by atoms with Crippen LogP contribution in [0.3, 0.4) is 0 Å². The highest BCUT2D eigenvalue weighted by Crippen LogP contribution is 1.89. The Morgan fingerprint density at radius 2 is 1.00 bits per heavy atom. The van der Waals surface area contributed by atoms with Crippen molar-refractivity contribution in [1.29, 1.82) is 0 Å². The van der Waals surface area contributed by atoms with Crippen molar-refractivity contribution < 1.29 is 9.47 Å². The fourth-order valence-electron chi connectivity index (χ4n) is 0.219. The lowest BCUT2D eigenvalue weighted by atomic mass is 10.9. The first kappa shape index (κ1) is 6.85. The van der Waals surface area contributed by atoms with Crippen LogP contribution in [-0.2, 0) is 9.47 Å². The van der Waals surface area contributed by atoms with Gasteiger partial charge in [0.25, 0.3) is 0 Å². The summed E-state index contributed by atoms with van der Waals surface area (Å²) >= 11 is 0. The minimum atomic E-state index is 0. The summed E-state index contributed by atoms with van der Waals surface area (Å²) in [6, 6.07) is 0. The van der Waals surface area contributed by atoms with Gasteiger partial charge in [0.15, 0.2) is 0 Å². The Morgan fingerprint density at radius 3 is 1.14 bits per heavy atom. The molecular formula is C4H4MgO2. The van der Waals surface area contributed by atoms with E-state index in [1.54, 1.807) is 0 Å². The first-order valence-electron chi connectivity index (χ1n) is 1.61. The van der Waals surface area contributed by atoms with Gasteiger partial charge in [-0.3, -0.25) is 0 Å². The van der Waals surface area contributed by atoms with Crippen molar-refractivity contribution in [3.8, 4) is 0 Å². The van der Waals surface area contributed by atoms with E-state index in [1.165, 1.54) is 25.0 Å². The largest absolute Gasteiger partial charge is 0.466 e. The van der Waals surface area contributed by atoms with Gasteiger partial charge in [-0.1, -0.05) is 0 Å². The molecule has 0 unspecified atom stereocenters. The van der Waals surface area contributed by atoms with Crippen LogP contribution in [0.25, 0.3) is 0 Å². The molecule has 0 aromatic heterocycles. The summed E-state index contributed by atoms with van der Waals surface area (Å²) in [7, 11) is 0. The third-order valence-corrected chi connectivity index (χ3v) is 0.425. The molecule has 0 aliphatic carbocycles. The van der Waals surface area contributed by atoms with E-state index < -0.39 is 0 Å².